The van der Waals surface area contributed by atoms with Gasteiger partial charge in [-0.1, -0.05) is 49.3 Å². The minimum Gasteiger partial charge on any atom is -0.338 e. The highest BCUT2D eigenvalue weighted by Gasteiger charge is 2.31. The lowest BCUT2D eigenvalue weighted by molar-refractivity contribution is 0.263. The average Bonchev–Trinajstić information content (AvgIpc) is 3.06. The van der Waals surface area contributed by atoms with Gasteiger partial charge in [0.15, 0.2) is 5.82 Å². The van der Waals surface area contributed by atoms with Gasteiger partial charge >= 0.3 is 0 Å². The van der Waals surface area contributed by atoms with Crippen LogP contribution in [0, 0.1) is 5.92 Å². The van der Waals surface area contributed by atoms with Crippen LogP contribution in [0.5, 0.6) is 0 Å². The molecule has 0 radical (unpaired) electrons. The van der Waals surface area contributed by atoms with Crippen molar-refractivity contribution in [2.24, 2.45) is 11.7 Å². The molecule has 1 aromatic carbocycles. The summed E-state index contributed by atoms with van der Waals surface area (Å²) in [6.07, 6.45) is 0.857. The highest BCUT2D eigenvalue weighted by atomic mass is 35.5. The number of nitrogens with zero attached hydrogens (tertiary/aromatic N) is 3. The zero-order valence-corrected chi connectivity index (χ0v) is 14.5. The summed E-state index contributed by atoms with van der Waals surface area (Å²) in [6.45, 7) is 6.79. The van der Waals surface area contributed by atoms with Crippen LogP contribution in [0.25, 0.3) is 0 Å². The van der Waals surface area contributed by atoms with Crippen molar-refractivity contribution in [2.45, 2.75) is 38.8 Å². The van der Waals surface area contributed by atoms with E-state index < -0.39 is 0 Å². The Bertz CT molecular complexity index is 602. The molecular formula is C17H25ClN4O. The molecule has 1 aliphatic heterocycles. The molecule has 2 atom stereocenters. The Kier molecular flexibility index (Phi) is 6.16. The maximum Gasteiger partial charge on any atom is 0.240 e. The Labute approximate surface area is 143 Å². The molecule has 5 nitrogen and oxygen atoms in total. The van der Waals surface area contributed by atoms with Crippen molar-refractivity contribution in [3.8, 4) is 0 Å². The monoisotopic (exact) mass is 336 g/mol. The number of halogens is 1. The van der Waals surface area contributed by atoms with Crippen molar-refractivity contribution >= 4 is 12.4 Å². The minimum absolute atomic E-state index is 0. The van der Waals surface area contributed by atoms with Gasteiger partial charge in [0.2, 0.25) is 5.89 Å². The summed E-state index contributed by atoms with van der Waals surface area (Å²) in [5.41, 5.74) is 7.63. The van der Waals surface area contributed by atoms with Gasteiger partial charge in [-0.15, -0.1) is 12.4 Å². The third-order valence-corrected chi connectivity index (χ3v) is 4.13. The first-order chi connectivity index (χ1) is 10.6. The topological polar surface area (TPSA) is 68.2 Å². The Morgan fingerprint density at radius 1 is 1.26 bits per heavy atom. The second kappa shape index (κ2) is 7.90. The predicted octanol–water partition coefficient (Wildman–Crippen LogP) is 2.62. The zero-order chi connectivity index (χ0) is 15.5. The number of hydrogen-bond acceptors (Lipinski definition) is 5. The van der Waals surface area contributed by atoms with Gasteiger partial charge in [0.05, 0.1) is 6.54 Å². The lowest BCUT2D eigenvalue weighted by atomic mass is 9.95. The van der Waals surface area contributed by atoms with Crippen LogP contribution in [0.1, 0.15) is 37.0 Å². The fourth-order valence-corrected chi connectivity index (χ4v) is 3.09. The summed E-state index contributed by atoms with van der Waals surface area (Å²) in [5.74, 6) is 2.40. The molecule has 3 rings (SSSR count). The molecule has 2 N–H and O–H groups in total. The van der Waals surface area contributed by atoms with E-state index >= 15 is 0 Å². The van der Waals surface area contributed by atoms with E-state index in [0.29, 0.717) is 24.3 Å². The van der Waals surface area contributed by atoms with Gasteiger partial charge in [-0.2, -0.15) is 4.98 Å². The maximum absolute atomic E-state index is 6.32. The van der Waals surface area contributed by atoms with Crippen LogP contribution in [0.4, 0.5) is 0 Å². The molecule has 2 heterocycles. The standard InChI is InChI=1S/C17H24N4O.ClH/c1-12(2)8-16-19-17(22-20-16)11-21-9-14(15(18)10-21)13-6-4-3-5-7-13;/h3-7,12,14-15H,8-11,18H2,1-2H3;1H/t14-,15+;/m0./s1. The van der Waals surface area contributed by atoms with E-state index in [-0.39, 0.29) is 18.4 Å². The fourth-order valence-electron chi connectivity index (χ4n) is 3.09. The van der Waals surface area contributed by atoms with Gasteiger partial charge in [-0.05, 0) is 11.5 Å². The minimum atomic E-state index is 0. The van der Waals surface area contributed by atoms with E-state index in [1.165, 1.54) is 5.56 Å². The van der Waals surface area contributed by atoms with Gasteiger partial charge in [0.1, 0.15) is 0 Å². The van der Waals surface area contributed by atoms with Crippen LogP contribution < -0.4 is 5.73 Å². The molecule has 0 spiro atoms. The lowest BCUT2D eigenvalue weighted by Gasteiger charge is -2.14. The third kappa shape index (κ3) is 4.53. The highest BCUT2D eigenvalue weighted by Crippen LogP contribution is 2.27. The number of aromatic nitrogens is 2. The maximum atomic E-state index is 6.32. The Hall–Kier alpha value is -1.43. The first-order valence-electron chi connectivity index (χ1n) is 7.96. The smallest absolute Gasteiger partial charge is 0.240 e. The van der Waals surface area contributed by atoms with Gasteiger partial charge in [-0.3, -0.25) is 4.90 Å². The van der Waals surface area contributed by atoms with Gasteiger partial charge in [-0.25, -0.2) is 0 Å². The van der Waals surface area contributed by atoms with Crippen molar-refractivity contribution < 1.29 is 4.52 Å². The molecule has 0 unspecified atom stereocenters. The number of nitrogens with two attached hydrogens (primary N) is 1. The Morgan fingerprint density at radius 2 is 2.00 bits per heavy atom. The molecule has 1 fully saturated rings. The molecule has 0 saturated carbocycles. The van der Waals surface area contributed by atoms with Crippen LogP contribution in [-0.4, -0.2) is 34.2 Å². The van der Waals surface area contributed by atoms with Crippen LogP contribution in [0.15, 0.2) is 34.9 Å². The Morgan fingerprint density at radius 3 is 2.70 bits per heavy atom. The summed E-state index contributed by atoms with van der Waals surface area (Å²) in [4.78, 5) is 6.78. The van der Waals surface area contributed by atoms with Crippen molar-refractivity contribution in [2.75, 3.05) is 13.1 Å². The molecule has 0 aliphatic carbocycles. The molecule has 1 aromatic heterocycles. The van der Waals surface area contributed by atoms with Crippen molar-refractivity contribution in [1.29, 1.82) is 0 Å². The van der Waals surface area contributed by atoms with Crippen molar-refractivity contribution in [3.63, 3.8) is 0 Å². The van der Waals surface area contributed by atoms with E-state index in [0.717, 1.165) is 25.3 Å². The zero-order valence-electron chi connectivity index (χ0n) is 13.7. The molecule has 0 bridgehead atoms. The van der Waals surface area contributed by atoms with Crippen molar-refractivity contribution in [3.05, 3.63) is 47.6 Å². The van der Waals surface area contributed by atoms with Gasteiger partial charge in [0.25, 0.3) is 0 Å². The van der Waals surface area contributed by atoms with E-state index in [1.54, 1.807) is 0 Å². The third-order valence-electron chi connectivity index (χ3n) is 4.13. The normalized spacial score (nSPS) is 21.6. The quantitative estimate of drug-likeness (QED) is 0.909. The van der Waals surface area contributed by atoms with Crippen LogP contribution in [-0.2, 0) is 13.0 Å². The highest BCUT2D eigenvalue weighted by molar-refractivity contribution is 5.85. The van der Waals surface area contributed by atoms with E-state index in [4.69, 9.17) is 10.3 Å². The fraction of sp³-hybridized carbons (Fsp3) is 0.529. The second-order valence-electron chi connectivity index (χ2n) is 6.58. The molecular weight excluding hydrogens is 312 g/mol. The van der Waals surface area contributed by atoms with Crippen LogP contribution in [0.3, 0.4) is 0 Å². The number of hydrogen-bond donors (Lipinski definition) is 1. The first kappa shape index (κ1) is 17.9. The number of likely N-dealkylation sites (tertiary alicyclic amines) is 1. The van der Waals surface area contributed by atoms with Crippen LogP contribution >= 0.6 is 12.4 Å². The summed E-state index contributed by atoms with van der Waals surface area (Å²) in [5, 5.41) is 4.05. The number of rotatable bonds is 5. The second-order valence-corrected chi connectivity index (χ2v) is 6.58. The largest absolute Gasteiger partial charge is 0.338 e. The summed E-state index contributed by atoms with van der Waals surface area (Å²) in [6, 6.07) is 10.6. The molecule has 1 saturated heterocycles. The van der Waals surface area contributed by atoms with E-state index in [2.05, 4.69) is 53.2 Å². The Balaban J connectivity index is 0.00000192. The summed E-state index contributed by atoms with van der Waals surface area (Å²) in [7, 11) is 0. The number of benzene rings is 1. The van der Waals surface area contributed by atoms with Crippen molar-refractivity contribution in [1.82, 2.24) is 15.0 Å². The predicted molar refractivity (Wildman–Crippen MR) is 92.5 cm³/mol. The molecule has 23 heavy (non-hydrogen) atoms. The summed E-state index contributed by atoms with van der Waals surface area (Å²) >= 11 is 0. The molecule has 1 aliphatic rings. The molecule has 6 heteroatoms. The first-order valence-corrected chi connectivity index (χ1v) is 7.96. The van der Waals surface area contributed by atoms with E-state index in [9.17, 15) is 0 Å². The molecule has 126 valence electrons. The molecule has 0 amide bonds. The SMILES string of the molecule is CC(C)Cc1noc(CN2C[C@@H](N)[C@H](c3ccccc3)C2)n1.Cl. The van der Waals surface area contributed by atoms with E-state index in [1.807, 2.05) is 6.07 Å². The average molecular weight is 337 g/mol. The van der Waals surface area contributed by atoms with Gasteiger partial charge in [0, 0.05) is 31.5 Å². The van der Waals surface area contributed by atoms with Gasteiger partial charge < -0.3 is 10.3 Å². The lowest BCUT2D eigenvalue weighted by Crippen LogP contribution is -2.28. The summed E-state index contributed by atoms with van der Waals surface area (Å²) < 4.78 is 5.36. The molecule has 2 aromatic rings. The van der Waals surface area contributed by atoms with Crippen LogP contribution in [0.2, 0.25) is 0 Å².